The Morgan fingerprint density at radius 1 is 1.38 bits per heavy atom. The zero-order valence-corrected chi connectivity index (χ0v) is 12.0. The summed E-state index contributed by atoms with van der Waals surface area (Å²) in [5, 5.41) is 9.03. The number of carbonyl (C=O) groups excluding carboxylic acids is 1. The van der Waals surface area contributed by atoms with Crippen molar-refractivity contribution in [1.82, 2.24) is 4.90 Å². The molecule has 0 saturated carbocycles. The molecule has 2 N–H and O–H groups in total. The summed E-state index contributed by atoms with van der Waals surface area (Å²) < 4.78 is 5.25. The van der Waals surface area contributed by atoms with E-state index in [1.54, 1.807) is 30.3 Å². The van der Waals surface area contributed by atoms with E-state index in [0.29, 0.717) is 16.5 Å². The first-order valence-corrected chi connectivity index (χ1v) is 6.74. The zero-order valence-electron chi connectivity index (χ0n) is 11.3. The molecule has 1 heterocycles. The SMILES string of the molecule is N#CCCN(Cc1ccco1)C(=O)c1c(N)cccc1Cl. The molecule has 1 amide bonds. The Balaban J connectivity index is 2.27. The number of carbonyl (C=O) groups is 1. The molecule has 1 aromatic carbocycles. The van der Waals surface area contributed by atoms with Gasteiger partial charge in [-0.15, -0.1) is 0 Å². The van der Waals surface area contributed by atoms with Gasteiger partial charge in [-0.05, 0) is 24.3 Å². The van der Waals surface area contributed by atoms with Crippen LogP contribution in [0, 0.1) is 11.3 Å². The van der Waals surface area contributed by atoms with Gasteiger partial charge < -0.3 is 15.1 Å². The third kappa shape index (κ3) is 3.56. The highest BCUT2D eigenvalue weighted by Gasteiger charge is 2.21. The van der Waals surface area contributed by atoms with Gasteiger partial charge in [-0.1, -0.05) is 17.7 Å². The molecule has 6 heteroatoms. The van der Waals surface area contributed by atoms with Crippen LogP contribution >= 0.6 is 11.6 Å². The van der Waals surface area contributed by atoms with E-state index in [9.17, 15) is 4.79 Å². The van der Waals surface area contributed by atoms with Crippen molar-refractivity contribution >= 4 is 23.2 Å². The van der Waals surface area contributed by atoms with E-state index in [1.807, 2.05) is 6.07 Å². The van der Waals surface area contributed by atoms with Crippen LogP contribution in [-0.4, -0.2) is 17.4 Å². The van der Waals surface area contributed by atoms with E-state index in [2.05, 4.69) is 0 Å². The first-order chi connectivity index (χ1) is 10.1. The molecule has 1 aromatic heterocycles. The summed E-state index contributed by atoms with van der Waals surface area (Å²) >= 11 is 6.07. The number of hydrogen-bond donors (Lipinski definition) is 1. The van der Waals surface area contributed by atoms with Crippen molar-refractivity contribution in [3.05, 3.63) is 52.9 Å². The van der Waals surface area contributed by atoms with Crippen molar-refractivity contribution in [3.8, 4) is 6.07 Å². The molecular formula is C15H14ClN3O2. The zero-order chi connectivity index (χ0) is 15.2. The van der Waals surface area contributed by atoms with E-state index < -0.39 is 0 Å². The van der Waals surface area contributed by atoms with Crippen LogP contribution in [0.3, 0.4) is 0 Å². The first kappa shape index (κ1) is 14.9. The van der Waals surface area contributed by atoms with Crippen molar-refractivity contribution in [2.24, 2.45) is 0 Å². The van der Waals surface area contributed by atoms with Gasteiger partial charge in [0.05, 0.1) is 35.9 Å². The number of furan rings is 1. The highest BCUT2D eigenvalue weighted by Crippen LogP contribution is 2.24. The Morgan fingerprint density at radius 2 is 2.19 bits per heavy atom. The third-order valence-electron chi connectivity index (χ3n) is 2.97. The predicted molar refractivity (Wildman–Crippen MR) is 79.5 cm³/mol. The summed E-state index contributed by atoms with van der Waals surface area (Å²) in [6.07, 6.45) is 1.75. The summed E-state index contributed by atoms with van der Waals surface area (Å²) in [5.41, 5.74) is 6.41. The summed E-state index contributed by atoms with van der Waals surface area (Å²) in [6.45, 7) is 0.541. The van der Waals surface area contributed by atoms with Gasteiger partial charge in [0.25, 0.3) is 5.91 Å². The number of anilines is 1. The lowest BCUT2D eigenvalue weighted by molar-refractivity contribution is 0.0736. The maximum absolute atomic E-state index is 12.6. The van der Waals surface area contributed by atoms with Gasteiger partial charge >= 0.3 is 0 Å². The Labute approximate surface area is 127 Å². The summed E-state index contributed by atoms with van der Waals surface area (Å²) in [4.78, 5) is 14.1. The number of nitrogen functional groups attached to an aromatic ring is 1. The van der Waals surface area contributed by atoms with Crippen LogP contribution in [-0.2, 0) is 6.54 Å². The average molecular weight is 304 g/mol. The van der Waals surface area contributed by atoms with Crippen LogP contribution in [0.2, 0.25) is 5.02 Å². The topological polar surface area (TPSA) is 83.3 Å². The fraction of sp³-hybridized carbons (Fsp3) is 0.200. The molecular weight excluding hydrogens is 290 g/mol. The average Bonchev–Trinajstić information content (AvgIpc) is 2.96. The van der Waals surface area contributed by atoms with Gasteiger partial charge in [0.2, 0.25) is 0 Å². The van der Waals surface area contributed by atoms with E-state index in [0.717, 1.165) is 0 Å². The van der Waals surface area contributed by atoms with Crippen LogP contribution in [0.5, 0.6) is 0 Å². The van der Waals surface area contributed by atoms with Gasteiger partial charge in [-0.25, -0.2) is 0 Å². The molecule has 108 valence electrons. The number of nitrogens with zero attached hydrogens (tertiary/aromatic N) is 2. The Morgan fingerprint density at radius 3 is 2.81 bits per heavy atom. The molecule has 0 aliphatic heterocycles. The lowest BCUT2D eigenvalue weighted by Crippen LogP contribution is -2.32. The first-order valence-electron chi connectivity index (χ1n) is 6.36. The summed E-state index contributed by atoms with van der Waals surface area (Å²) in [5.74, 6) is 0.316. The highest BCUT2D eigenvalue weighted by atomic mass is 35.5. The maximum Gasteiger partial charge on any atom is 0.257 e. The second kappa shape index (κ2) is 6.82. The van der Waals surface area contributed by atoms with E-state index >= 15 is 0 Å². The molecule has 0 fully saturated rings. The predicted octanol–water partition coefficient (Wildman–Crippen LogP) is 3.07. The maximum atomic E-state index is 12.6. The molecule has 0 saturated heterocycles. The molecule has 2 aromatic rings. The molecule has 0 spiro atoms. The molecule has 0 bridgehead atoms. The highest BCUT2D eigenvalue weighted by molar-refractivity contribution is 6.34. The van der Waals surface area contributed by atoms with Gasteiger partial charge in [0.1, 0.15) is 5.76 Å². The van der Waals surface area contributed by atoms with E-state index in [1.165, 1.54) is 11.2 Å². The number of amides is 1. The monoisotopic (exact) mass is 303 g/mol. The van der Waals surface area contributed by atoms with Crippen molar-refractivity contribution in [1.29, 1.82) is 5.26 Å². The van der Waals surface area contributed by atoms with Crippen LogP contribution in [0.1, 0.15) is 22.5 Å². The normalized spacial score (nSPS) is 10.1. The standard InChI is InChI=1S/C15H14ClN3O2/c16-12-5-1-6-13(18)14(12)15(20)19(8-3-7-17)10-11-4-2-9-21-11/h1-2,4-6,9H,3,8,10,18H2. The summed E-state index contributed by atoms with van der Waals surface area (Å²) in [7, 11) is 0. The third-order valence-corrected chi connectivity index (χ3v) is 3.28. The van der Waals surface area contributed by atoms with Gasteiger partial charge in [-0.2, -0.15) is 5.26 Å². The Kier molecular flexibility index (Phi) is 4.85. The van der Waals surface area contributed by atoms with Crippen LogP contribution < -0.4 is 5.73 Å². The second-order valence-corrected chi connectivity index (χ2v) is 4.83. The van der Waals surface area contributed by atoms with Crippen molar-refractivity contribution in [2.45, 2.75) is 13.0 Å². The minimum atomic E-state index is -0.315. The van der Waals surface area contributed by atoms with Crippen LogP contribution in [0.4, 0.5) is 5.69 Å². The molecule has 0 atom stereocenters. The molecule has 0 aliphatic rings. The Hall–Kier alpha value is -2.45. The van der Waals surface area contributed by atoms with Crippen molar-refractivity contribution in [3.63, 3.8) is 0 Å². The largest absolute Gasteiger partial charge is 0.467 e. The van der Waals surface area contributed by atoms with Crippen LogP contribution in [0.15, 0.2) is 41.0 Å². The molecule has 2 rings (SSSR count). The fourth-order valence-electron chi connectivity index (χ4n) is 1.95. The smallest absolute Gasteiger partial charge is 0.257 e. The molecule has 21 heavy (non-hydrogen) atoms. The second-order valence-electron chi connectivity index (χ2n) is 4.42. The molecule has 0 unspecified atom stereocenters. The van der Waals surface area contributed by atoms with E-state index in [-0.39, 0.29) is 31.0 Å². The summed E-state index contributed by atoms with van der Waals surface area (Å²) in [6, 6.07) is 10.4. The fourth-order valence-corrected chi connectivity index (χ4v) is 2.22. The van der Waals surface area contributed by atoms with Crippen molar-refractivity contribution < 1.29 is 9.21 Å². The van der Waals surface area contributed by atoms with Crippen molar-refractivity contribution in [2.75, 3.05) is 12.3 Å². The molecule has 0 radical (unpaired) electrons. The number of nitriles is 1. The molecule has 5 nitrogen and oxygen atoms in total. The van der Waals surface area contributed by atoms with Gasteiger partial charge in [0, 0.05) is 12.2 Å². The number of hydrogen-bond acceptors (Lipinski definition) is 4. The minimum absolute atomic E-state index is 0.219. The quantitative estimate of drug-likeness (QED) is 0.860. The Bertz CT molecular complexity index is 642. The number of rotatable bonds is 5. The molecule has 0 aliphatic carbocycles. The van der Waals surface area contributed by atoms with E-state index in [4.69, 9.17) is 27.0 Å². The number of benzene rings is 1. The number of halogens is 1. The van der Waals surface area contributed by atoms with Gasteiger partial charge in [-0.3, -0.25) is 4.79 Å². The number of nitrogens with two attached hydrogens (primary N) is 1. The lowest BCUT2D eigenvalue weighted by atomic mass is 10.1. The van der Waals surface area contributed by atoms with Crippen LogP contribution in [0.25, 0.3) is 0 Å². The minimum Gasteiger partial charge on any atom is -0.467 e. The van der Waals surface area contributed by atoms with Gasteiger partial charge in [0.15, 0.2) is 0 Å². The lowest BCUT2D eigenvalue weighted by Gasteiger charge is -2.22.